The summed E-state index contributed by atoms with van der Waals surface area (Å²) < 4.78 is 6.97. The van der Waals surface area contributed by atoms with Crippen LogP contribution < -0.4 is 9.84 Å². The number of hydrogen-bond acceptors (Lipinski definition) is 6. The molecule has 7 nitrogen and oxygen atoms in total. The first-order valence-corrected chi connectivity index (χ1v) is 7.67. The molecule has 0 aliphatic rings. The number of carbonyl (C=O) groups excluding carboxylic acids is 1. The third-order valence-electron chi connectivity index (χ3n) is 3.47. The predicted octanol–water partition coefficient (Wildman–Crippen LogP) is 1.86. The van der Waals surface area contributed by atoms with Gasteiger partial charge < -0.3 is 14.6 Å². The Morgan fingerprint density at radius 2 is 1.92 bits per heavy atom. The fourth-order valence-corrected chi connectivity index (χ4v) is 2.33. The van der Waals surface area contributed by atoms with Crippen molar-refractivity contribution in [2.24, 2.45) is 5.10 Å². The van der Waals surface area contributed by atoms with E-state index in [0.717, 1.165) is 11.3 Å². The molecule has 8 heteroatoms. The van der Waals surface area contributed by atoms with E-state index in [2.05, 4.69) is 15.3 Å². The lowest BCUT2D eigenvalue weighted by molar-refractivity contribution is -0.255. The van der Waals surface area contributed by atoms with Gasteiger partial charge in [-0.15, -0.1) is 0 Å². The van der Waals surface area contributed by atoms with Gasteiger partial charge in [-0.2, -0.15) is 14.9 Å². The SMILES string of the molecule is COc1ccc(-c2n[nH]c(=S)n2/N=C/c2ccc(C(=O)[O-])cc2)cc1. The van der Waals surface area contributed by atoms with Crippen LogP contribution in [0.5, 0.6) is 5.75 Å². The topological polar surface area (TPSA) is 95.3 Å². The molecule has 0 bridgehead atoms. The van der Waals surface area contributed by atoms with Crippen LogP contribution >= 0.6 is 12.2 Å². The number of benzene rings is 2. The van der Waals surface area contributed by atoms with Crippen LogP contribution in [0.2, 0.25) is 0 Å². The predicted molar refractivity (Wildman–Crippen MR) is 93.2 cm³/mol. The van der Waals surface area contributed by atoms with Gasteiger partial charge in [-0.1, -0.05) is 24.3 Å². The number of carbonyl (C=O) groups is 1. The van der Waals surface area contributed by atoms with Crippen molar-refractivity contribution in [2.45, 2.75) is 0 Å². The number of aromatic nitrogens is 3. The highest BCUT2D eigenvalue weighted by Gasteiger charge is 2.08. The van der Waals surface area contributed by atoms with Crippen LogP contribution in [0.25, 0.3) is 11.4 Å². The molecule has 0 spiro atoms. The quantitative estimate of drug-likeness (QED) is 0.558. The van der Waals surface area contributed by atoms with Gasteiger partial charge in [0.25, 0.3) is 0 Å². The summed E-state index contributed by atoms with van der Waals surface area (Å²) in [4.78, 5) is 10.8. The van der Waals surface area contributed by atoms with Crippen molar-refractivity contribution in [2.75, 3.05) is 7.11 Å². The Hall–Kier alpha value is -3.26. The van der Waals surface area contributed by atoms with E-state index in [9.17, 15) is 9.90 Å². The molecule has 0 atom stereocenters. The number of rotatable bonds is 5. The van der Waals surface area contributed by atoms with Gasteiger partial charge in [-0.05, 0) is 47.6 Å². The molecular formula is C17H13N4O3S-. The third-order valence-corrected chi connectivity index (χ3v) is 3.73. The summed E-state index contributed by atoms with van der Waals surface area (Å²) in [6.45, 7) is 0. The average Bonchev–Trinajstić information content (AvgIpc) is 3.01. The van der Waals surface area contributed by atoms with E-state index in [1.165, 1.54) is 16.8 Å². The second-order valence-corrected chi connectivity index (χ2v) is 5.43. The zero-order valence-electron chi connectivity index (χ0n) is 13.2. The Morgan fingerprint density at radius 1 is 1.24 bits per heavy atom. The summed E-state index contributed by atoms with van der Waals surface area (Å²) in [6, 6.07) is 13.5. The van der Waals surface area contributed by atoms with Crippen LogP contribution in [0.15, 0.2) is 53.6 Å². The summed E-state index contributed by atoms with van der Waals surface area (Å²) in [7, 11) is 1.60. The van der Waals surface area contributed by atoms with Crippen molar-refractivity contribution in [1.29, 1.82) is 0 Å². The zero-order valence-corrected chi connectivity index (χ0v) is 14.0. The summed E-state index contributed by atoms with van der Waals surface area (Å²) in [6.07, 6.45) is 1.57. The second kappa shape index (κ2) is 7.10. The second-order valence-electron chi connectivity index (χ2n) is 5.05. The maximum absolute atomic E-state index is 10.8. The molecule has 25 heavy (non-hydrogen) atoms. The minimum Gasteiger partial charge on any atom is -0.545 e. The number of H-pyrrole nitrogens is 1. The maximum Gasteiger partial charge on any atom is 0.216 e. The van der Waals surface area contributed by atoms with Crippen LogP contribution in [-0.4, -0.2) is 34.2 Å². The molecule has 0 fully saturated rings. The molecule has 0 unspecified atom stereocenters. The van der Waals surface area contributed by atoms with Crippen LogP contribution in [-0.2, 0) is 0 Å². The molecule has 2 aromatic carbocycles. The molecular weight excluding hydrogens is 340 g/mol. The van der Waals surface area contributed by atoms with Crippen LogP contribution in [0.1, 0.15) is 15.9 Å². The number of aromatic carboxylic acids is 1. The molecule has 0 radical (unpaired) electrons. The van der Waals surface area contributed by atoms with E-state index in [4.69, 9.17) is 17.0 Å². The average molecular weight is 353 g/mol. The Bertz CT molecular complexity index is 972. The smallest absolute Gasteiger partial charge is 0.216 e. The van der Waals surface area contributed by atoms with E-state index in [1.54, 1.807) is 25.5 Å². The van der Waals surface area contributed by atoms with Gasteiger partial charge in [0, 0.05) is 5.56 Å². The Balaban J connectivity index is 1.91. The molecule has 1 aromatic heterocycles. The van der Waals surface area contributed by atoms with Gasteiger partial charge in [0.2, 0.25) is 4.77 Å². The Kier molecular flexibility index (Phi) is 4.71. The first kappa shape index (κ1) is 16.6. The van der Waals surface area contributed by atoms with Crippen LogP contribution in [0, 0.1) is 4.77 Å². The summed E-state index contributed by atoms with van der Waals surface area (Å²) >= 11 is 5.21. The first-order chi connectivity index (χ1) is 12.1. The number of aromatic amines is 1. The minimum atomic E-state index is -1.22. The fraction of sp³-hybridized carbons (Fsp3) is 0.0588. The number of nitrogens with zero attached hydrogens (tertiary/aromatic N) is 3. The number of methoxy groups -OCH3 is 1. The van der Waals surface area contributed by atoms with E-state index in [1.807, 2.05) is 24.3 Å². The van der Waals surface area contributed by atoms with Crippen molar-refractivity contribution >= 4 is 24.4 Å². The van der Waals surface area contributed by atoms with Crippen molar-refractivity contribution in [3.63, 3.8) is 0 Å². The normalized spacial score (nSPS) is 10.9. The van der Waals surface area contributed by atoms with Gasteiger partial charge in [0.15, 0.2) is 5.82 Å². The lowest BCUT2D eigenvalue weighted by Crippen LogP contribution is -2.21. The first-order valence-electron chi connectivity index (χ1n) is 7.26. The van der Waals surface area contributed by atoms with Crippen molar-refractivity contribution in [3.05, 3.63) is 64.4 Å². The van der Waals surface area contributed by atoms with Crippen LogP contribution in [0.4, 0.5) is 0 Å². The molecule has 0 aliphatic carbocycles. The number of nitrogens with one attached hydrogen (secondary N) is 1. The van der Waals surface area contributed by atoms with Gasteiger partial charge in [0.1, 0.15) is 5.75 Å². The van der Waals surface area contributed by atoms with Gasteiger partial charge in [0.05, 0.1) is 19.3 Å². The van der Waals surface area contributed by atoms with E-state index < -0.39 is 5.97 Å². The minimum absolute atomic E-state index is 0.107. The maximum atomic E-state index is 10.8. The lowest BCUT2D eigenvalue weighted by atomic mass is 10.1. The monoisotopic (exact) mass is 353 g/mol. The lowest BCUT2D eigenvalue weighted by Gasteiger charge is -2.03. The molecule has 126 valence electrons. The van der Waals surface area contributed by atoms with E-state index in [-0.39, 0.29) is 5.56 Å². The standard InChI is InChI=1S/C17H14N4O3S/c1-24-14-8-6-12(7-9-14)15-19-20-17(25)21(15)18-10-11-2-4-13(5-3-11)16(22)23/h2-10H,1H3,(H,20,25)(H,22,23)/p-1/b18-10+. The van der Waals surface area contributed by atoms with Crippen molar-refractivity contribution in [3.8, 4) is 17.1 Å². The number of hydrogen-bond donors (Lipinski definition) is 1. The van der Waals surface area contributed by atoms with Crippen molar-refractivity contribution < 1.29 is 14.6 Å². The molecule has 3 rings (SSSR count). The number of carboxylic acids is 1. The third kappa shape index (κ3) is 3.64. The molecule has 1 heterocycles. The molecule has 0 aliphatic heterocycles. The van der Waals surface area contributed by atoms with E-state index >= 15 is 0 Å². The molecule has 0 amide bonds. The summed E-state index contributed by atoms with van der Waals surface area (Å²) in [5.74, 6) is 0.0681. The number of carboxylic acid groups (broad SMARTS) is 1. The molecule has 0 saturated heterocycles. The van der Waals surface area contributed by atoms with E-state index in [0.29, 0.717) is 16.2 Å². The van der Waals surface area contributed by atoms with Gasteiger partial charge in [-0.25, -0.2) is 5.10 Å². The molecule has 3 aromatic rings. The number of ether oxygens (including phenoxy) is 1. The van der Waals surface area contributed by atoms with Crippen LogP contribution in [0.3, 0.4) is 0 Å². The molecule has 1 N–H and O–H groups in total. The highest BCUT2D eigenvalue weighted by molar-refractivity contribution is 7.71. The zero-order chi connectivity index (χ0) is 17.8. The van der Waals surface area contributed by atoms with Crippen molar-refractivity contribution in [1.82, 2.24) is 14.9 Å². The van der Waals surface area contributed by atoms with Gasteiger partial charge in [-0.3, -0.25) is 0 Å². The highest BCUT2D eigenvalue weighted by atomic mass is 32.1. The Morgan fingerprint density at radius 3 is 2.52 bits per heavy atom. The van der Waals surface area contributed by atoms with Gasteiger partial charge >= 0.3 is 0 Å². The Labute approximate surface area is 148 Å². The summed E-state index contributed by atoms with van der Waals surface area (Å²) in [5.41, 5.74) is 1.64. The largest absolute Gasteiger partial charge is 0.545 e. The highest BCUT2D eigenvalue weighted by Crippen LogP contribution is 2.20. The molecule has 0 saturated carbocycles. The summed E-state index contributed by atoms with van der Waals surface area (Å²) in [5, 5.41) is 22.0. The fourth-order valence-electron chi connectivity index (χ4n) is 2.16.